The highest BCUT2D eigenvalue weighted by Crippen LogP contribution is 2.22. The third-order valence-corrected chi connectivity index (χ3v) is 5.90. The molecule has 0 unspecified atom stereocenters. The monoisotopic (exact) mass is 405 g/mol. The van der Waals surface area contributed by atoms with Gasteiger partial charge in [-0.2, -0.15) is 4.99 Å². The summed E-state index contributed by atoms with van der Waals surface area (Å²) < 4.78 is 31.0. The number of methoxy groups -OCH3 is 1. The predicted octanol–water partition coefficient (Wildman–Crippen LogP) is 2.51. The summed E-state index contributed by atoms with van der Waals surface area (Å²) in [5, 5.41) is 5.22. The highest BCUT2D eigenvalue weighted by Gasteiger charge is 2.13. The van der Waals surface area contributed by atoms with Crippen molar-refractivity contribution in [1.82, 2.24) is 4.57 Å². The number of ether oxygens (including phenoxy) is 1. The van der Waals surface area contributed by atoms with Gasteiger partial charge < -0.3 is 9.30 Å². The van der Waals surface area contributed by atoms with E-state index < -0.39 is 15.9 Å². The Morgan fingerprint density at radius 3 is 2.70 bits per heavy atom. The summed E-state index contributed by atoms with van der Waals surface area (Å²) in [5.41, 5.74) is 1.23. The second-order valence-corrected chi connectivity index (χ2v) is 8.43. The van der Waals surface area contributed by atoms with Gasteiger partial charge in [0.1, 0.15) is 5.75 Å². The maximum Gasteiger partial charge on any atom is 0.279 e. The molecule has 3 aromatic rings. The lowest BCUT2D eigenvalue weighted by atomic mass is 10.2. The highest BCUT2D eigenvalue weighted by atomic mass is 32.2. The van der Waals surface area contributed by atoms with Gasteiger partial charge in [0.15, 0.2) is 4.80 Å². The van der Waals surface area contributed by atoms with E-state index in [2.05, 4.69) is 4.99 Å². The topological polar surface area (TPSA) is 104 Å². The van der Waals surface area contributed by atoms with E-state index in [1.165, 1.54) is 30.6 Å². The molecule has 0 radical (unpaired) electrons. The maximum atomic E-state index is 12.6. The molecule has 142 valence electrons. The van der Waals surface area contributed by atoms with E-state index in [0.29, 0.717) is 27.4 Å². The highest BCUT2D eigenvalue weighted by molar-refractivity contribution is 7.89. The predicted molar refractivity (Wildman–Crippen MR) is 104 cm³/mol. The second kappa shape index (κ2) is 7.63. The number of thiazole rings is 1. The average Bonchev–Trinajstić information content (AvgIpc) is 2.98. The van der Waals surface area contributed by atoms with Gasteiger partial charge in [-0.1, -0.05) is 24.3 Å². The van der Waals surface area contributed by atoms with Crippen LogP contribution in [0.5, 0.6) is 5.75 Å². The number of benzene rings is 2. The van der Waals surface area contributed by atoms with Crippen molar-refractivity contribution in [3.8, 4) is 5.75 Å². The fourth-order valence-corrected chi connectivity index (χ4v) is 4.37. The Bertz CT molecular complexity index is 1180. The number of amides is 1. The van der Waals surface area contributed by atoms with Crippen LogP contribution in [0, 0.1) is 0 Å². The summed E-state index contributed by atoms with van der Waals surface area (Å²) in [7, 11) is -2.27. The molecule has 1 aromatic heterocycles. The molecule has 9 heteroatoms. The molecule has 0 aliphatic carbocycles. The smallest absolute Gasteiger partial charge is 0.279 e. The number of nitrogens with two attached hydrogens (primary N) is 1. The molecule has 0 saturated heterocycles. The van der Waals surface area contributed by atoms with Crippen LogP contribution < -0.4 is 14.7 Å². The van der Waals surface area contributed by atoms with Crippen molar-refractivity contribution in [2.75, 3.05) is 7.11 Å². The van der Waals surface area contributed by atoms with Gasteiger partial charge in [-0.3, -0.25) is 4.79 Å². The van der Waals surface area contributed by atoms with Gasteiger partial charge in [0.2, 0.25) is 10.0 Å². The lowest BCUT2D eigenvalue weighted by molar-refractivity contribution is 0.0997. The van der Waals surface area contributed by atoms with Crippen molar-refractivity contribution in [2.24, 2.45) is 10.1 Å². The van der Waals surface area contributed by atoms with Crippen LogP contribution in [0.1, 0.15) is 23.7 Å². The number of nitrogens with zero attached hydrogens (tertiary/aromatic N) is 2. The Balaban J connectivity index is 2.15. The molecule has 1 heterocycles. The Hall–Kier alpha value is -2.49. The Morgan fingerprint density at radius 2 is 2.04 bits per heavy atom. The van der Waals surface area contributed by atoms with E-state index in [-0.39, 0.29) is 4.90 Å². The molecule has 2 aromatic carbocycles. The van der Waals surface area contributed by atoms with Crippen LogP contribution in [-0.4, -0.2) is 26.0 Å². The van der Waals surface area contributed by atoms with E-state index in [1.807, 2.05) is 11.5 Å². The standard InChI is InChI=1S/C18H19N3O4S2/c1-3-9-21-15-8-7-14(27(19,23)24)11-16(15)26-18(21)20-17(22)12-5-4-6-13(10-12)25-2/h4-8,10-11H,3,9H2,1-2H3,(H2,19,23,24). The number of primary sulfonamides is 1. The zero-order valence-electron chi connectivity index (χ0n) is 14.9. The van der Waals surface area contributed by atoms with E-state index in [1.54, 1.807) is 30.3 Å². The normalized spacial score (nSPS) is 12.5. The third-order valence-electron chi connectivity index (χ3n) is 3.94. The summed E-state index contributed by atoms with van der Waals surface area (Å²) in [6.45, 7) is 2.67. The number of carbonyl (C=O) groups excluding carboxylic acids is 1. The first-order chi connectivity index (χ1) is 12.8. The van der Waals surface area contributed by atoms with Crippen molar-refractivity contribution in [2.45, 2.75) is 24.8 Å². The summed E-state index contributed by atoms with van der Waals surface area (Å²) in [5.74, 6) is 0.184. The molecular formula is C18H19N3O4S2. The number of hydrogen-bond donors (Lipinski definition) is 1. The van der Waals surface area contributed by atoms with Gasteiger partial charge in [-0.05, 0) is 42.8 Å². The lowest BCUT2D eigenvalue weighted by Gasteiger charge is -2.04. The molecule has 0 bridgehead atoms. The fraction of sp³-hybridized carbons (Fsp3) is 0.222. The molecule has 0 atom stereocenters. The van der Waals surface area contributed by atoms with Crippen LogP contribution in [0.15, 0.2) is 52.4 Å². The van der Waals surface area contributed by atoms with Crippen LogP contribution in [0.25, 0.3) is 10.2 Å². The van der Waals surface area contributed by atoms with Crippen LogP contribution >= 0.6 is 11.3 Å². The quantitative estimate of drug-likeness (QED) is 0.704. The Kier molecular flexibility index (Phi) is 5.45. The van der Waals surface area contributed by atoms with E-state index >= 15 is 0 Å². The molecule has 0 aliphatic heterocycles. The van der Waals surface area contributed by atoms with Crippen molar-refractivity contribution in [3.05, 3.63) is 52.8 Å². The van der Waals surface area contributed by atoms with Gasteiger partial charge in [0, 0.05) is 12.1 Å². The van der Waals surface area contributed by atoms with Crippen molar-refractivity contribution < 1.29 is 17.9 Å². The average molecular weight is 406 g/mol. The van der Waals surface area contributed by atoms with Gasteiger partial charge in [0.05, 0.1) is 22.2 Å². The number of aryl methyl sites for hydroxylation is 1. The summed E-state index contributed by atoms with van der Waals surface area (Å²) in [4.78, 5) is 17.4. The van der Waals surface area contributed by atoms with Gasteiger partial charge >= 0.3 is 0 Å². The molecule has 0 fully saturated rings. The molecule has 3 rings (SSSR count). The molecule has 2 N–H and O–H groups in total. The molecule has 27 heavy (non-hydrogen) atoms. The summed E-state index contributed by atoms with van der Waals surface area (Å²) in [6, 6.07) is 11.4. The lowest BCUT2D eigenvalue weighted by Crippen LogP contribution is -2.17. The van der Waals surface area contributed by atoms with Gasteiger partial charge in [0.25, 0.3) is 5.91 Å². The third kappa shape index (κ3) is 4.10. The number of aromatic nitrogens is 1. The molecule has 0 aliphatic rings. The Labute approximate surface area is 160 Å². The van der Waals surface area contributed by atoms with E-state index in [0.717, 1.165) is 11.9 Å². The maximum absolute atomic E-state index is 12.6. The largest absolute Gasteiger partial charge is 0.497 e. The van der Waals surface area contributed by atoms with Crippen LogP contribution in [0.4, 0.5) is 0 Å². The zero-order valence-corrected chi connectivity index (χ0v) is 16.5. The fourth-order valence-electron chi connectivity index (χ4n) is 2.66. The van der Waals surface area contributed by atoms with Crippen LogP contribution in [0.2, 0.25) is 0 Å². The van der Waals surface area contributed by atoms with Gasteiger partial charge in [-0.15, -0.1) is 0 Å². The number of carbonyl (C=O) groups is 1. The Morgan fingerprint density at radius 1 is 1.26 bits per heavy atom. The van der Waals surface area contributed by atoms with Crippen LogP contribution in [-0.2, 0) is 16.6 Å². The van der Waals surface area contributed by atoms with E-state index in [4.69, 9.17) is 9.88 Å². The van der Waals surface area contributed by atoms with Crippen LogP contribution in [0.3, 0.4) is 0 Å². The number of hydrogen-bond acceptors (Lipinski definition) is 5. The SMILES string of the molecule is CCCn1c(=NC(=O)c2cccc(OC)c2)sc2cc(S(N)(=O)=O)ccc21. The number of sulfonamides is 1. The molecule has 1 amide bonds. The zero-order chi connectivity index (χ0) is 19.6. The number of rotatable bonds is 5. The summed E-state index contributed by atoms with van der Waals surface area (Å²) in [6.07, 6.45) is 0.837. The number of fused-ring (bicyclic) bond motifs is 1. The molecule has 0 saturated carbocycles. The minimum absolute atomic E-state index is 0.0329. The first kappa shape index (κ1) is 19.3. The van der Waals surface area contributed by atoms with Gasteiger partial charge in [-0.25, -0.2) is 13.6 Å². The van der Waals surface area contributed by atoms with E-state index in [9.17, 15) is 13.2 Å². The van der Waals surface area contributed by atoms with Crippen molar-refractivity contribution in [3.63, 3.8) is 0 Å². The second-order valence-electron chi connectivity index (χ2n) is 5.86. The first-order valence-electron chi connectivity index (χ1n) is 8.23. The van der Waals surface area contributed by atoms with Crippen molar-refractivity contribution >= 4 is 37.5 Å². The molecule has 0 spiro atoms. The minimum Gasteiger partial charge on any atom is -0.497 e. The first-order valence-corrected chi connectivity index (χ1v) is 10.6. The summed E-state index contributed by atoms with van der Waals surface area (Å²) >= 11 is 1.25. The minimum atomic E-state index is -3.80. The molecular weight excluding hydrogens is 386 g/mol. The van der Waals surface area contributed by atoms with Crippen molar-refractivity contribution in [1.29, 1.82) is 0 Å². The molecule has 7 nitrogen and oxygen atoms in total.